The standard InChI is InChI=1S/C28H35NO7/c1-8-35-24(31)13-12-23(30)29-22(28(3,4)5)16-36-21-15-17(2)14-19(25(21)29)26(32)18-10-9-11-20(33-6)27(18)34-7/h9-15,22,26,32H,8,16H2,1-7H3/t22-,26?/m0/s1. The highest BCUT2D eigenvalue weighted by atomic mass is 16.5. The molecule has 8 nitrogen and oxygen atoms in total. The largest absolute Gasteiger partial charge is 0.493 e. The summed E-state index contributed by atoms with van der Waals surface area (Å²) in [5.41, 5.74) is 1.89. The van der Waals surface area contributed by atoms with E-state index in [1.807, 2.05) is 39.8 Å². The summed E-state index contributed by atoms with van der Waals surface area (Å²) in [6.07, 6.45) is 1.17. The number of fused-ring (bicyclic) bond motifs is 1. The topological polar surface area (TPSA) is 94.5 Å². The van der Waals surface area contributed by atoms with E-state index in [0.29, 0.717) is 34.1 Å². The minimum Gasteiger partial charge on any atom is -0.493 e. The molecule has 0 aromatic heterocycles. The highest BCUT2D eigenvalue weighted by Gasteiger charge is 2.41. The molecule has 0 saturated heterocycles. The Labute approximate surface area is 212 Å². The van der Waals surface area contributed by atoms with E-state index in [2.05, 4.69) is 0 Å². The van der Waals surface area contributed by atoms with Gasteiger partial charge in [-0.25, -0.2) is 4.79 Å². The van der Waals surface area contributed by atoms with E-state index in [4.69, 9.17) is 18.9 Å². The summed E-state index contributed by atoms with van der Waals surface area (Å²) in [6, 6.07) is 8.55. The van der Waals surface area contributed by atoms with Crippen LogP contribution in [0.1, 0.15) is 50.5 Å². The first-order valence-corrected chi connectivity index (χ1v) is 11.9. The van der Waals surface area contributed by atoms with Gasteiger partial charge in [-0.3, -0.25) is 9.69 Å². The van der Waals surface area contributed by atoms with Gasteiger partial charge in [0.05, 0.1) is 32.6 Å². The van der Waals surface area contributed by atoms with Crippen LogP contribution in [0, 0.1) is 12.3 Å². The second kappa shape index (κ2) is 11.0. The number of amides is 1. The molecule has 3 rings (SSSR count). The predicted octanol–water partition coefficient (Wildman–Crippen LogP) is 4.35. The molecule has 0 saturated carbocycles. The monoisotopic (exact) mass is 497 g/mol. The number of rotatable bonds is 7. The van der Waals surface area contributed by atoms with Gasteiger partial charge in [-0.15, -0.1) is 0 Å². The van der Waals surface area contributed by atoms with E-state index < -0.39 is 18.0 Å². The van der Waals surface area contributed by atoms with Crippen molar-refractivity contribution in [1.29, 1.82) is 0 Å². The molecule has 1 amide bonds. The Hall–Kier alpha value is -3.52. The van der Waals surface area contributed by atoms with Crippen LogP contribution in [0.3, 0.4) is 0 Å². The van der Waals surface area contributed by atoms with Crippen molar-refractivity contribution < 1.29 is 33.6 Å². The van der Waals surface area contributed by atoms with E-state index in [1.54, 1.807) is 30.0 Å². The zero-order valence-corrected chi connectivity index (χ0v) is 22.0. The molecule has 0 aliphatic carbocycles. The Morgan fingerprint density at radius 2 is 1.89 bits per heavy atom. The van der Waals surface area contributed by atoms with Gasteiger partial charge in [-0.05, 0) is 37.0 Å². The second-order valence-corrected chi connectivity index (χ2v) is 9.67. The zero-order chi connectivity index (χ0) is 26.6. The quantitative estimate of drug-likeness (QED) is 0.449. The minimum atomic E-state index is -1.16. The zero-order valence-electron chi connectivity index (χ0n) is 22.0. The van der Waals surface area contributed by atoms with Crippen LogP contribution in [0.2, 0.25) is 0 Å². The number of anilines is 1. The van der Waals surface area contributed by atoms with E-state index in [1.165, 1.54) is 20.3 Å². The number of esters is 1. The summed E-state index contributed by atoms with van der Waals surface area (Å²) in [6.45, 7) is 10.1. The molecule has 2 atom stereocenters. The van der Waals surface area contributed by atoms with Crippen LogP contribution in [0.25, 0.3) is 0 Å². The van der Waals surface area contributed by atoms with Crippen molar-refractivity contribution in [2.45, 2.75) is 46.8 Å². The average Bonchev–Trinajstić information content (AvgIpc) is 2.84. The van der Waals surface area contributed by atoms with Gasteiger partial charge in [0, 0.05) is 23.3 Å². The van der Waals surface area contributed by atoms with Crippen LogP contribution in [0.4, 0.5) is 5.69 Å². The summed E-state index contributed by atoms with van der Waals surface area (Å²) >= 11 is 0. The van der Waals surface area contributed by atoms with Crippen LogP contribution in [-0.4, -0.2) is 50.5 Å². The van der Waals surface area contributed by atoms with Crippen molar-refractivity contribution in [1.82, 2.24) is 0 Å². The smallest absolute Gasteiger partial charge is 0.330 e. The maximum Gasteiger partial charge on any atom is 0.330 e. The number of carbonyl (C=O) groups is 2. The predicted molar refractivity (Wildman–Crippen MR) is 137 cm³/mol. The van der Waals surface area contributed by atoms with Crippen molar-refractivity contribution in [2.24, 2.45) is 5.41 Å². The van der Waals surface area contributed by atoms with E-state index >= 15 is 0 Å². The first-order valence-electron chi connectivity index (χ1n) is 11.9. The van der Waals surface area contributed by atoms with Crippen molar-refractivity contribution in [3.63, 3.8) is 0 Å². The van der Waals surface area contributed by atoms with E-state index in [-0.39, 0.29) is 24.7 Å². The molecule has 36 heavy (non-hydrogen) atoms. The van der Waals surface area contributed by atoms with Gasteiger partial charge in [0.25, 0.3) is 5.91 Å². The molecule has 0 fully saturated rings. The van der Waals surface area contributed by atoms with Crippen molar-refractivity contribution in [3.8, 4) is 17.2 Å². The fourth-order valence-corrected chi connectivity index (χ4v) is 4.35. The second-order valence-electron chi connectivity index (χ2n) is 9.67. The maximum atomic E-state index is 13.6. The number of para-hydroxylation sites is 1. The number of hydrogen-bond acceptors (Lipinski definition) is 7. The fraction of sp³-hybridized carbons (Fsp3) is 0.429. The molecular formula is C28H35NO7. The summed E-state index contributed by atoms with van der Waals surface area (Å²) in [7, 11) is 3.04. The molecule has 2 aromatic rings. The Bertz CT molecular complexity index is 1150. The van der Waals surface area contributed by atoms with Gasteiger partial charge in [0.15, 0.2) is 11.5 Å². The van der Waals surface area contributed by atoms with Gasteiger partial charge < -0.3 is 24.1 Å². The molecular weight excluding hydrogens is 462 g/mol. The molecule has 0 radical (unpaired) electrons. The van der Waals surface area contributed by atoms with Crippen molar-refractivity contribution >= 4 is 17.6 Å². The molecule has 1 aliphatic rings. The number of carbonyl (C=O) groups excluding carboxylic acids is 2. The third-order valence-corrected chi connectivity index (χ3v) is 6.11. The van der Waals surface area contributed by atoms with Crippen LogP contribution in [-0.2, 0) is 14.3 Å². The number of benzene rings is 2. The first kappa shape index (κ1) is 27.1. The molecule has 194 valence electrons. The first-order chi connectivity index (χ1) is 17.0. The Kier molecular flexibility index (Phi) is 8.30. The third-order valence-electron chi connectivity index (χ3n) is 6.11. The molecule has 0 bridgehead atoms. The molecule has 1 unspecified atom stereocenters. The Morgan fingerprint density at radius 1 is 1.17 bits per heavy atom. The molecule has 1 aliphatic heterocycles. The maximum absolute atomic E-state index is 13.6. The number of methoxy groups -OCH3 is 2. The van der Waals surface area contributed by atoms with E-state index in [9.17, 15) is 14.7 Å². The van der Waals surface area contributed by atoms with Crippen molar-refractivity contribution in [3.05, 3.63) is 59.2 Å². The third kappa shape index (κ3) is 5.49. The molecule has 8 heteroatoms. The normalized spacial score (nSPS) is 16.2. The Morgan fingerprint density at radius 3 is 2.50 bits per heavy atom. The van der Waals surface area contributed by atoms with Crippen LogP contribution < -0.4 is 19.1 Å². The van der Waals surface area contributed by atoms with E-state index in [0.717, 1.165) is 11.6 Å². The lowest BCUT2D eigenvalue weighted by Crippen LogP contribution is -2.53. The highest BCUT2D eigenvalue weighted by molar-refractivity contribution is 6.06. The summed E-state index contributed by atoms with van der Waals surface area (Å²) < 4.78 is 22.1. The lowest BCUT2D eigenvalue weighted by atomic mass is 9.83. The molecule has 2 aromatic carbocycles. The highest BCUT2D eigenvalue weighted by Crippen LogP contribution is 2.47. The molecule has 1 heterocycles. The lowest BCUT2D eigenvalue weighted by Gasteiger charge is -2.44. The number of nitrogens with zero attached hydrogens (tertiary/aromatic N) is 1. The number of hydrogen-bond donors (Lipinski definition) is 1. The van der Waals surface area contributed by atoms with Crippen molar-refractivity contribution in [2.75, 3.05) is 32.3 Å². The van der Waals surface area contributed by atoms with Crippen LogP contribution >= 0.6 is 0 Å². The molecule has 1 N–H and O–H groups in total. The summed E-state index contributed by atoms with van der Waals surface area (Å²) in [4.78, 5) is 27.1. The summed E-state index contributed by atoms with van der Waals surface area (Å²) in [5, 5.41) is 11.7. The number of ether oxygens (including phenoxy) is 4. The Balaban J connectivity index is 2.21. The molecule has 0 spiro atoms. The summed E-state index contributed by atoms with van der Waals surface area (Å²) in [5.74, 6) is 0.334. The SMILES string of the molecule is CCOC(=O)C=CC(=O)N1c2c(cc(C)cc2C(O)c2cccc(OC)c2OC)OC[C@H]1C(C)(C)C. The number of aliphatic hydroxyl groups excluding tert-OH is 1. The minimum absolute atomic E-state index is 0.209. The number of aryl methyl sites for hydroxylation is 1. The van der Waals surface area contributed by atoms with Gasteiger partial charge in [-0.1, -0.05) is 39.0 Å². The van der Waals surface area contributed by atoms with Gasteiger partial charge in [0.2, 0.25) is 0 Å². The van der Waals surface area contributed by atoms with Crippen LogP contribution in [0.15, 0.2) is 42.5 Å². The van der Waals surface area contributed by atoms with Gasteiger partial charge >= 0.3 is 5.97 Å². The average molecular weight is 498 g/mol. The van der Waals surface area contributed by atoms with Gasteiger partial charge in [-0.2, -0.15) is 0 Å². The number of aliphatic hydroxyl groups is 1. The lowest BCUT2D eigenvalue weighted by molar-refractivity contribution is -0.137. The fourth-order valence-electron chi connectivity index (χ4n) is 4.35. The van der Waals surface area contributed by atoms with Gasteiger partial charge in [0.1, 0.15) is 18.5 Å². The van der Waals surface area contributed by atoms with Crippen LogP contribution in [0.5, 0.6) is 17.2 Å².